The van der Waals surface area contributed by atoms with Gasteiger partial charge in [-0.3, -0.25) is 10.1 Å². The number of aromatic nitrogens is 1. The second-order valence-electron chi connectivity index (χ2n) is 8.85. The maximum absolute atomic E-state index is 13.2. The Morgan fingerprint density at radius 2 is 2.12 bits per heavy atom. The molecule has 34 heavy (non-hydrogen) atoms. The van der Waals surface area contributed by atoms with Gasteiger partial charge in [0.2, 0.25) is 0 Å². The summed E-state index contributed by atoms with van der Waals surface area (Å²) in [6.07, 6.45) is 1.87. The molecule has 1 saturated heterocycles. The van der Waals surface area contributed by atoms with Gasteiger partial charge in [-0.15, -0.1) is 0 Å². The van der Waals surface area contributed by atoms with E-state index >= 15 is 0 Å². The van der Waals surface area contributed by atoms with E-state index in [1.807, 2.05) is 13.0 Å². The molecule has 1 saturated carbocycles. The number of carbonyl (C=O) groups excluding carboxylic acids is 2. The zero-order valence-electron chi connectivity index (χ0n) is 18.8. The molecule has 8 nitrogen and oxygen atoms in total. The van der Waals surface area contributed by atoms with Gasteiger partial charge in [0.05, 0.1) is 29.3 Å². The maximum Gasteiger partial charge on any atom is 0.413 e. The number of fused-ring (bicyclic) bond motifs is 1. The number of halogens is 2. The van der Waals surface area contributed by atoms with Crippen molar-refractivity contribution >= 4 is 28.5 Å². The summed E-state index contributed by atoms with van der Waals surface area (Å²) in [6.45, 7) is 1.97. The lowest BCUT2D eigenvalue weighted by Gasteiger charge is -2.24. The van der Waals surface area contributed by atoms with Crippen LogP contribution in [-0.2, 0) is 16.0 Å². The van der Waals surface area contributed by atoms with Crippen LogP contribution >= 0.6 is 11.3 Å². The number of alkyl halides is 2. The fraction of sp³-hybridized carbons (Fsp3) is 0.522. The average molecular weight is 494 g/mol. The molecule has 0 spiro atoms. The second kappa shape index (κ2) is 9.10. The number of aryl methyl sites for hydroxylation is 1. The third-order valence-electron chi connectivity index (χ3n) is 6.44. The number of nitrogens with one attached hydrogen (secondary N) is 1. The maximum atomic E-state index is 13.2. The Balaban J connectivity index is 1.41. The summed E-state index contributed by atoms with van der Waals surface area (Å²) in [5, 5.41) is 2.95. The molecule has 11 heteroatoms. The van der Waals surface area contributed by atoms with Crippen LogP contribution in [0.15, 0.2) is 12.1 Å². The van der Waals surface area contributed by atoms with E-state index in [-0.39, 0.29) is 29.4 Å². The van der Waals surface area contributed by atoms with Gasteiger partial charge in [0.15, 0.2) is 5.13 Å². The van der Waals surface area contributed by atoms with Crippen molar-refractivity contribution in [3.63, 3.8) is 0 Å². The van der Waals surface area contributed by atoms with E-state index in [2.05, 4.69) is 10.3 Å². The van der Waals surface area contributed by atoms with Crippen molar-refractivity contribution < 1.29 is 32.6 Å². The number of carbonyl (C=O) groups is 2. The van der Waals surface area contributed by atoms with Crippen molar-refractivity contribution in [2.24, 2.45) is 5.92 Å². The predicted octanol–water partition coefficient (Wildman–Crippen LogP) is 4.81. The smallest absolute Gasteiger partial charge is 0.413 e. The van der Waals surface area contributed by atoms with Crippen LogP contribution in [-0.4, -0.2) is 53.9 Å². The molecule has 1 unspecified atom stereocenters. The molecule has 3 heterocycles. The quantitative estimate of drug-likeness (QED) is 0.595. The van der Waals surface area contributed by atoms with Crippen LogP contribution in [0.25, 0.3) is 10.4 Å². The van der Waals surface area contributed by atoms with Crippen molar-refractivity contribution in [1.29, 1.82) is 0 Å². The Labute approximate surface area is 199 Å². The first-order valence-electron chi connectivity index (χ1n) is 11.3. The fourth-order valence-electron chi connectivity index (χ4n) is 4.51. The average Bonchev–Trinajstić information content (AvgIpc) is 3.23. The van der Waals surface area contributed by atoms with Gasteiger partial charge in [0.25, 0.3) is 5.91 Å². The lowest BCUT2D eigenvalue weighted by atomic mass is 10.0. The number of benzene rings is 1. The molecular weight excluding hydrogens is 468 g/mol. The Morgan fingerprint density at radius 3 is 2.79 bits per heavy atom. The molecule has 2 aromatic rings. The lowest BCUT2D eigenvalue weighted by molar-refractivity contribution is -0.0501. The number of hydrogen-bond acceptors (Lipinski definition) is 7. The first-order chi connectivity index (χ1) is 16.3. The van der Waals surface area contributed by atoms with Crippen molar-refractivity contribution in [2.45, 2.75) is 58.4 Å². The summed E-state index contributed by atoms with van der Waals surface area (Å²) in [5.74, 6) is 0.0321. The minimum atomic E-state index is -3.06. The van der Waals surface area contributed by atoms with Crippen LogP contribution in [0.5, 0.6) is 5.75 Å². The Hall–Kier alpha value is -2.79. The summed E-state index contributed by atoms with van der Waals surface area (Å²) in [6, 6.07) is 3.32. The van der Waals surface area contributed by atoms with Gasteiger partial charge >= 0.3 is 12.7 Å². The molecule has 2 atom stereocenters. The highest BCUT2D eigenvalue weighted by atomic mass is 32.1. The van der Waals surface area contributed by atoms with Gasteiger partial charge in [-0.2, -0.15) is 8.78 Å². The molecular formula is C23H25F2N3O5S. The molecule has 2 aliphatic heterocycles. The number of thiazole rings is 1. The first kappa shape index (κ1) is 23.0. The van der Waals surface area contributed by atoms with Crippen molar-refractivity contribution in [1.82, 2.24) is 9.88 Å². The third kappa shape index (κ3) is 4.58. The van der Waals surface area contributed by atoms with E-state index < -0.39 is 12.7 Å². The van der Waals surface area contributed by atoms with Crippen LogP contribution in [0.4, 0.5) is 18.7 Å². The van der Waals surface area contributed by atoms with E-state index in [4.69, 9.17) is 14.2 Å². The highest BCUT2D eigenvalue weighted by Crippen LogP contribution is 2.43. The molecule has 0 radical (unpaired) electrons. The van der Waals surface area contributed by atoms with Crippen LogP contribution in [0.2, 0.25) is 0 Å². The van der Waals surface area contributed by atoms with Gasteiger partial charge in [-0.05, 0) is 55.9 Å². The number of rotatable bonds is 7. The first-order valence-corrected chi connectivity index (χ1v) is 12.1. The van der Waals surface area contributed by atoms with Crippen LogP contribution in [0, 0.1) is 12.8 Å². The highest BCUT2D eigenvalue weighted by molar-refractivity contribution is 7.19. The normalized spacial score (nSPS) is 20.6. The number of amides is 2. The molecule has 3 aliphatic rings. The van der Waals surface area contributed by atoms with Gasteiger partial charge in [0, 0.05) is 19.0 Å². The molecule has 182 valence electrons. The van der Waals surface area contributed by atoms with E-state index in [0.717, 1.165) is 12.8 Å². The van der Waals surface area contributed by atoms with E-state index in [1.165, 1.54) is 17.4 Å². The molecule has 2 amide bonds. The van der Waals surface area contributed by atoms with Crippen LogP contribution in [0.3, 0.4) is 0 Å². The molecule has 1 aliphatic carbocycles. The van der Waals surface area contributed by atoms with Crippen molar-refractivity contribution in [2.75, 3.05) is 18.5 Å². The van der Waals surface area contributed by atoms with Crippen molar-refractivity contribution in [3.05, 3.63) is 29.0 Å². The second-order valence-corrected chi connectivity index (χ2v) is 9.85. The summed E-state index contributed by atoms with van der Waals surface area (Å²) in [7, 11) is 0. The summed E-state index contributed by atoms with van der Waals surface area (Å²) >= 11 is 1.20. The van der Waals surface area contributed by atoms with E-state index in [1.54, 1.807) is 11.8 Å². The summed E-state index contributed by atoms with van der Waals surface area (Å²) in [4.78, 5) is 32.1. The largest absolute Gasteiger partial charge is 0.443 e. The Bertz CT molecular complexity index is 1110. The molecule has 2 fully saturated rings. The zero-order chi connectivity index (χ0) is 24.0. The minimum Gasteiger partial charge on any atom is -0.443 e. The predicted molar refractivity (Wildman–Crippen MR) is 120 cm³/mol. The third-order valence-corrected chi connectivity index (χ3v) is 7.56. The number of nitrogens with zero attached hydrogens (tertiary/aromatic N) is 2. The van der Waals surface area contributed by atoms with Crippen LogP contribution in [0.1, 0.15) is 47.8 Å². The Morgan fingerprint density at radius 1 is 1.32 bits per heavy atom. The SMILES string of the molecule is Cc1nc(NC(=O)OC2CCOC2)sc1-c1cc2c(c(OC(F)F)c1)C(=O)N([C@@H](C)C1CC1)C2. The molecule has 1 aromatic carbocycles. The molecule has 5 rings (SSSR count). The molecule has 1 aromatic heterocycles. The fourth-order valence-corrected chi connectivity index (χ4v) is 5.45. The topological polar surface area (TPSA) is 90.0 Å². The van der Waals surface area contributed by atoms with Gasteiger partial charge in [0.1, 0.15) is 11.9 Å². The Kier molecular flexibility index (Phi) is 6.15. The summed E-state index contributed by atoms with van der Waals surface area (Å²) < 4.78 is 41.7. The lowest BCUT2D eigenvalue weighted by Crippen LogP contribution is -2.34. The van der Waals surface area contributed by atoms with E-state index in [0.29, 0.717) is 58.9 Å². The molecule has 1 N–H and O–H groups in total. The van der Waals surface area contributed by atoms with Gasteiger partial charge in [-0.1, -0.05) is 11.3 Å². The van der Waals surface area contributed by atoms with Crippen molar-refractivity contribution in [3.8, 4) is 16.2 Å². The number of anilines is 1. The van der Waals surface area contributed by atoms with Crippen LogP contribution < -0.4 is 10.1 Å². The number of hydrogen-bond donors (Lipinski definition) is 1. The van der Waals surface area contributed by atoms with Gasteiger partial charge < -0.3 is 19.1 Å². The monoisotopic (exact) mass is 493 g/mol. The standard InChI is InChI=1S/C23H25F2N3O5S/c1-11-19(34-22(26-11)27-23(30)32-16-5-6-31-10-16)14-7-15-9-28(12(2)13-3-4-13)20(29)18(15)17(8-14)33-21(24)25/h7-8,12-13,16,21H,3-6,9-10H2,1-2H3,(H,26,27,30)/t12-,16?/m0/s1. The zero-order valence-corrected chi connectivity index (χ0v) is 19.6. The minimum absolute atomic E-state index is 0.0416. The number of ether oxygens (including phenoxy) is 3. The highest BCUT2D eigenvalue weighted by Gasteiger charge is 2.40. The van der Waals surface area contributed by atoms with Gasteiger partial charge in [-0.25, -0.2) is 9.78 Å². The van der Waals surface area contributed by atoms with E-state index in [9.17, 15) is 18.4 Å². The summed E-state index contributed by atoms with van der Waals surface area (Å²) in [5.41, 5.74) is 2.05. The molecule has 0 bridgehead atoms.